The molecule has 4 nitrogen and oxygen atoms in total. The highest BCUT2D eigenvalue weighted by Gasteiger charge is 2.29. The summed E-state index contributed by atoms with van der Waals surface area (Å²) in [5.41, 5.74) is 1.81. The van der Waals surface area contributed by atoms with Gasteiger partial charge in [0.15, 0.2) is 0 Å². The average molecular weight is 356 g/mol. The van der Waals surface area contributed by atoms with Crippen LogP contribution in [0.15, 0.2) is 84.7 Å². The van der Waals surface area contributed by atoms with Crippen molar-refractivity contribution in [2.45, 2.75) is 26.1 Å². The fourth-order valence-corrected chi connectivity index (χ4v) is 3.52. The maximum atomic E-state index is 13.1. The zero-order valence-electron chi connectivity index (χ0n) is 13.9. The molecule has 0 heterocycles. The molecule has 2 aromatic carbocycles. The Hall–Kier alpha value is -2.13. The van der Waals surface area contributed by atoms with Gasteiger partial charge in [-0.15, -0.1) is 0 Å². The number of hydrogen-bond donors (Lipinski definition) is 0. The molecule has 0 atom stereocenters. The Bertz CT molecular complexity index is 721. The Morgan fingerprint density at radius 2 is 1.36 bits per heavy atom. The lowest BCUT2D eigenvalue weighted by atomic mass is 10.2. The molecular weight excluding hydrogens is 335 g/mol. The van der Waals surface area contributed by atoms with Crippen molar-refractivity contribution in [1.29, 1.82) is 0 Å². The first-order valence-corrected chi connectivity index (χ1v) is 9.73. The molecule has 130 valence electrons. The summed E-state index contributed by atoms with van der Waals surface area (Å²) in [7, 11) is -3.74. The molecule has 0 bridgehead atoms. The fourth-order valence-electron chi connectivity index (χ4n) is 2.33. The lowest BCUT2D eigenvalue weighted by Crippen LogP contribution is -2.02. The zero-order valence-corrected chi connectivity index (χ0v) is 14.8. The van der Waals surface area contributed by atoms with Crippen LogP contribution in [0.25, 0.3) is 0 Å². The van der Waals surface area contributed by atoms with Gasteiger partial charge in [0.05, 0.1) is 13.2 Å². The Morgan fingerprint density at radius 3 is 1.84 bits per heavy atom. The molecule has 0 saturated heterocycles. The summed E-state index contributed by atoms with van der Waals surface area (Å²) in [4.78, 5) is 0. The normalized spacial score (nSPS) is 14.2. The summed E-state index contributed by atoms with van der Waals surface area (Å²) in [6, 6.07) is 19.1. The van der Waals surface area contributed by atoms with Gasteiger partial charge in [0, 0.05) is 0 Å². The summed E-state index contributed by atoms with van der Waals surface area (Å²) in [5, 5.41) is 0. The molecule has 0 aromatic heterocycles. The average Bonchev–Trinajstić information content (AvgIpc) is 2.68. The second kappa shape index (κ2) is 8.82. The van der Waals surface area contributed by atoms with Crippen molar-refractivity contribution in [1.82, 2.24) is 0 Å². The molecule has 0 saturated carbocycles. The fraction of sp³-hybridized carbons (Fsp3) is 0.200. The van der Waals surface area contributed by atoms with Crippen LogP contribution in [0.1, 0.15) is 24.0 Å². The molecule has 3 rings (SSSR count). The quantitative estimate of drug-likeness (QED) is 0.563. The molecule has 0 N–H and O–H groups in total. The Labute approximate surface area is 148 Å². The summed E-state index contributed by atoms with van der Waals surface area (Å²) >= 11 is 0. The lowest BCUT2D eigenvalue weighted by Gasteiger charge is -2.20. The van der Waals surface area contributed by atoms with E-state index in [4.69, 9.17) is 13.6 Å². The molecule has 0 unspecified atom stereocenters. The third kappa shape index (κ3) is 5.71. The number of hydrogen-bond acceptors (Lipinski definition) is 4. The molecule has 0 amide bonds. The van der Waals surface area contributed by atoms with Crippen molar-refractivity contribution in [2.24, 2.45) is 0 Å². The highest BCUT2D eigenvalue weighted by molar-refractivity contribution is 7.48. The van der Waals surface area contributed by atoms with Crippen LogP contribution < -0.4 is 0 Å². The third-order valence-electron chi connectivity index (χ3n) is 3.64. The number of rotatable bonds is 8. The molecule has 2 aromatic rings. The van der Waals surface area contributed by atoms with Gasteiger partial charge < -0.3 is 4.52 Å². The van der Waals surface area contributed by atoms with Gasteiger partial charge in [-0.1, -0.05) is 66.7 Å². The number of phosphoric acid groups is 1. The smallest absolute Gasteiger partial charge is 0.404 e. The van der Waals surface area contributed by atoms with Crippen LogP contribution in [-0.2, 0) is 31.4 Å². The molecule has 0 radical (unpaired) electrons. The summed E-state index contributed by atoms with van der Waals surface area (Å²) in [5.74, 6) is 0.524. The van der Waals surface area contributed by atoms with Crippen LogP contribution >= 0.6 is 7.82 Å². The molecular formula is C20H21O4P. The van der Waals surface area contributed by atoms with Crippen molar-refractivity contribution in [2.75, 3.05) is 0 Å². The molecule has 0 fully saturated rings. The minimum absolute atomic E-state index is 0.157. The molecule has 1 aliphatic rings. The van der Waals surface area contributed by atoms with Crippen molar-refractivity contribution < 1.29 is 18.1 Å². The van der Waals surface area contributed by atoms with Gasteiger partial charge in [-0.25, -0.2) is 4.57 Å². The van der Waals surface area contributed by atoms with Gasteiger partial charge in [0.1, 0.15) is 5.76 Å². The Balaban J connectivity index is 1.68. The van der Waals surface area contributed by atoms with E-state index < -0.39 is 7.82 Å². The zero-order chi connectivity index (χ0) is 17.4. The van der Waals surface area contributed by atoms with Crippen molar-refractivity contribution >= 4 is 7.82 Å². The van der Waals surface area contributed by atoms with E-state index in [9.17, 15) is 4.57 Å². The maximum absolute atomic E-state index is 13.1. The topological polar surface area (TPSA) is 44.8 Å². The molecule has 0 aliphatic heterocycles. The first-order chi connectivity index (χ1) is 12.2. The van der Waals surface area contributed by atoms with Crippen molar-refractivity contribution in [3.05, 3.63) is 95.8 Å². The summed E-state index contributed by atoms with van der Waals surface area (Å²) in [6.07, 6.45) is 7.47. The van der Waals surface area contributed by atoms with E-state index in [2.05, 4.69) is 0 Å². The molecule has 25 heavy (non-hydrogen) atoms. The van der Waals surface area contributed by atoms with Crippen LogP contribution in [0, 0.1) is 0 Å². The van der Waals surface area contributed by atoms with E-state index in [-0.39, 0.29) is 13.2 Å². The molecule has 0 spiro atoms. The van der Waals surface area contributed by atoms with Gasteiger partial charge in [-0.05, 0) is 36.1 Å². The first kappa shape index (κ1) is 17.7. The predicted molar refractivity (Wildman–Crippen MR) is 97.6 cm³/mol. The van der Waals surface area contributed by atoms with E-state index in [1.807, 2.05) is 72.8 Å². The van der Waals surface area contributed by atoms with Crippen LogP contribution in [0.2, 0.25) is 0 Å². The van der Waals surface area contributed by atoms with Crippen LogP contribution in [-0.4, -0.2) is 0 Å². The number of benzene rings is 2. The Kier molecular flexibility index (Phi) is 6.24. The van der Waals surface area contributed by atoms with E-state index in [1.54, 1.807) is 6.08 Å². The number of phosphoric ester groups is 1. The van der Waals surface area contributed by atoms with Gasteiger partial charge >= 0.3 is 7.82 Å². The standard InChI is InChI=1S/C20H21O4P/c21-25(24-20-14-8-3-9-15-20,22-16-18-10-4-1-5-11-18)23-17-19-12-6-2-7-13-19/h1-2,4-8,10-15H,3,9,16-17H2. The molecule has 1 aliphatic carbocycles. The number of allylic oxidation sites excluding steroid dienone is 3. The molecule has 5 heteroatoms. The van der Waals surface area contributed by atoms with E-state index in [0.29, 0.717) is 5.76 Å². The monoisotopic (exact) mass is 356 g/mol. The van der Waals surface area contributed by atoms with Crippen LogP contribution in [0.4, 0.5) is 0 Å². The van der Waals surface area contributed by atoms with E-state index >= 15 is 0 Å². The van der Waals surface area contributed by atoms with Gasteiger partial charge in [-0.3, -0.25) is 9.05 Å². The lowest BCUT2D eigenvalue weighted by molar-refractivity contribution is 0.125. The summed E-state index contributed by atoms with van der Waals surface area (Å²) in [6.45, 7) is 0.313. The summed E-state index contributed by atoms with van der Waals surface area (Å²) < 4.78 is 29.8. The second-order valence-corrected chi connectivity index (χ2v) is 7.24. The van der Waals surface area contributed by atoms with E-state index in [1.165, 1.54) is 0 Å². The maximum Gasteiger partial charge on any atom is 0.530 e. The first-order valence-electron chi connectivity index (χ1n) is 8.27. The van der Waals surface area contributed by atoms with Crippen LogP contribution in [0.5, 0.6) is 0 Å². The van der Waals surface area contributed by atoms with Gasteiger partial charge in [0.25, 0.3) is 0 Å². The third-order valence-corrected chi connectivity index (χ3v) is 4.97. The Morgan fingerprint density at radius 1 is 0.800 bits per heavy atom. The minimum atomic E-state index is -3.74. The predicted octanol–water partition coefficient (Wildman–Crippen LogP) is 5.78. The van der Waals surface area contributed by atoms with E-state index in [0.717, 1.165) is 24.0 Å². The van der Waals surface area contributed by atoms with Crippen molar-refractivity contribution in [3.8, 4) is 0 Å². The van der Waals surface area contributed by atoms with Crippen molar-refractivity contribution in [3.63, 3.8) is 0 Å². The van der Waals surface area contributed by atoms with Gasteiger partial charge in [0.2, 0.25) is 0 Å². The van der Waals surface area contributed by atoms with Crippen LogP contribution in [0.3, 0.4) is 0 Å². The second-order valence-electron chi connectivity index (χ2n) is 5.64. The largest absolute Gasteiger partial charge is 0.530 e. The highest BCUT2D eigenvalue weighted by atomic mass is 31.2. The highest BCUT2D eigenvalue weighted by Crippen LogP contribution is 2.53. The van der Waals surface area contributed by atoms with Gasteiger partial charge in [-0.2, -0.15) is 0 Å². The SMILES string of the molecule is O=P(OCc1ccccc1)(OCc1ccccc1)OC1=CCCC=C1. The minimum Gasteiger partial charge on any atom is -0.404 e.